The van der Waals surface area contributed by atoms with Crippen molar-refractivity contribution in [2.75, 3.05) is 0 Å². The third kappa shape index (κ3) is 3.29. The van der Waals surface area contributed by atoms with Gasteiger partial charge in [-0.15, -0.1) is 0 Å². The summed E-state index contributed by atoms with van der Waals surface area (Å²) >= 11 is -8.03. The van der Waals surface area contributed by atoms with Crippen molar-refractivity contribution in [3.8, 4) is 0 Å². The molecule has 14 heteroatoms. The van der Waals surface area contributed by atoms with Crippen LogP contribution >= 0.6 is 0 Å². The normalized spacial score (nSPS) is 19.0. The molecule has 0 amide bonds. The van der Waals surface area contributed by atoms with Crippen molar-refractivity contribution in [3.05, 3.63) is 0 Å². The molecule has 0 spiro atoms. The molecular weight excluding hydrogens is 501 g/mol. The van der Waals surface area contributed by atoms with Crippen LogP contribution in [-0.4, -0.2) is 77.8 Å². The Hall–Kier alpha value is -1.58. The van der Waals surface area contributed by atoms with Gasteiger partial charge in [0.15, 0.2) is 0 Å². The zero-order valence-electron chi connectivity index (χ0n) is 8.90. The molecule has 0 unspecified atom stereocenters. The summed E-state index contributed by atoms with van der Waals surface area (Å²) in [6.07, 6.45) is 0. The third-order valence-corrected chi connectivity index (χ3v) is 7.59. The summed E-state index contributed by atoms with van der Waals surface area (Å²) in [6.45, 7) is 0. The van der Waals surface area contributed by atoms with Crippen molar-refractivity contribution in [3.63, 3.8) is 0 Å². The summed E-state index contributed by atoms with van der Waals surface area (Å²) in [5.41, 5.74) is 0. The summed E-state index contributed by atoms with van der Waals surface area (Å²) in [5.74, 6) is -8.52. The van der Waals surface area contributed by atoms with Crippen molar-refractivity contribution in [1.29, 1.82) is 0 Å². The van der Waals surface area contributed by atoms with E-state index in [1.54, 1.807) is 0 Å². The molecule has 2 saturated heterocycles. The van der Waals surface area contributed by atoms with E-state index in [0.717, 1.165) is 0 Å². The van der Waals surface area contributed by atoms with Gasteiger partial charge in [-0.2, -0.15) is 0 Å². The SMILES string of the molecule is O=C1[O][Sn]([O]C(=O)C(=O)[O][Sn]2[O]C(=O)C(=O)[O]2)[O]C1=O. The molecule has 2 heterocycles. The van der Waals surface area contributed by atoms with E-state index in [0.29, 0.717) is 0 Å². The average molecular weight is 501 g/mol. The molecule has 2 aliphatic rings. The van der Waals surface area contributed by atoms with Crippen molar-refractivity contribution in [2.24, 2.45) is 0 Å². The second kappa shape index (κ2) is 5.81. The number of carbonyl (C=O) groups excluding carboxylic acids is 6. The van der Waals surface area contributed by atoms with Gasteiger partial charge in [0.05, 0.1) is 0 Å². The van der Waals surface area contributed by atoms with Gasteiger partial charge >= 0.3 is 125 Å². The summed E-state index contributed by atoms with van der Waals surface area (Å²) in [5, 5.41) is 0. The van der Waals surface area contributed by atoms with Gasteiger partial charge in [-0.1, -0.05) is 0 Å². The summed E-state index contributed by atoms with van der Waals surface area (Å²) < 4.78 is 25.8. The molecule has 0 saturated carbocycles. The maximum atomic E-state index is 11.2. The number of carbonyl (C=O) groups is 6. The van der Waals surface area contributed by atoms with E-state index in [2.05, 4.69) is 18.4 Å². The Morgan fingerprint density at radius 1 is 0.650 bits per heavy atom. The molecule has 104 valence electrons. The zero-order chi connectivity index (χ0) is 14.9. The minimum absolute atomic E-state index is 1.32. The quantitative estimate of drug-likeness (QED) is 0.269. The Kier molecular flexibility index (Phi) is 4.31. The minimum atomic E-state index is -4.01. The Morgan fingerprint density at radius 2 is 0.900 bits per heavy atom. The topological polar surface area (TPSA) is 158 Å². The van der Waals surface area contributed by atoms with Crippen molar-refractivity contribution in [2.45, 2.75) is 0 Å². The number of hydrogen-bond acceptors (Lipinski definition) is 12. The van der Waals surface area contributed by atoms with Crippen LogP contribution < -0.4 is 0 Å². The van der Waals surface area contributed by atoms with E-state index in [-0.39, 0.29) is 0 Å². The molecule has 0 aromatic heterocycles. The molecule has 0 aromatic carbocycles. The Morgan fingerprint density at radius 3 is 1.15 bits per heavy atom. The second-order valence-electron chi connectivity index (χ2n) is 2.84. The molecule has 0 aliphatic carbocycles. The molecule has 0 N–H and O–H groups in total. The second-order valence-corrected chi connectivity index (χ2v) is 9.19. The Bertz CT molecular complexity index is 458. The van der Waals surface area contributed by atoms with Crippen LogP contribution in [-0.2, 0) is 47.2 Å². The predicted octanol–water partition coefficient (Wildman–Crippen LogP) is -3.76. The molecule has 2 fully saturated rings. The first-order valence-electron chi connectivity index (χ1n) is 4.42. The fourth-order valence-corrected chi connectivity index (χ4v) is 5.56. The van der Waals surface area contributed by atoms with Gasteiger partial charge in [-0.25, -0.2) is 0 Å². The fraction of sp³-hybridized carbons (Fsp3) is 0. The monoisotopic (exact) mass is 504 g/mol. The molecular formula is C6O12Sn2. The van der Waals surface area contributed by atoms with Gasteiger partial charge in [0, 0.05) is 0 Å². The van der Waals surface area contributed by atoms with Gasteiger partial charge in [0.1, 0.15) is 0 Å². The number of rotatable bonds is 2. The first-order chi connectivity index (χ1) is 9.36. The van der Waals surface area contributed by atoms with Crippen LogP contribution in [0.3, 0.4) is 0 Å². The van der Waals surface area contributed by atoms with Crippen LogP contribution in [0.5, 0.6) is 0 Å². The maximum absolute atomic E-state index is 11.2. The van der Waals surface area contributed by atoms with Crippen LogP contribution in [0.1, 0.15) is 0 Å². The number of hydrogen-bond donors (Lipinski definition) is 0. The summed E-state index contributed by atoms with van der Waals surface area (Å²) in [7, 11) is 0. The summed E-state index contributed by atoms with van der Waals surface area (Å²) in [4.78, 5) is 64.9. The van der Waals surface area contributed by atoms with Crippen LogP contribution in [0.4, 0.5) is 0 Å². The van der Waals surface area contributed by atoms with E-state index < -0.39 is 77.8 Å². The van der Waals surface area contributed by atoms with Gasteiger partial charge in [-0.3, -0.25) is 0 Å². The molecule has 20 heavy (non-hydrogen) atoms. The third-order valence-electron chi connectivity index (χ3n) is 1.56. The van der Waals surface area contributed by atoms with Gasteiger partial charge in [-0.05, 0) is 0 Å². The first kappa shape index (κ1) is 14.8. The van der Waals surface area contributed by atoms with E-state index in [1.165, 1.54) is 0 Å². The molecule has 12 nitrogen and oxygen atoms in total. The van der Waals surface area contributed by atoms with Crippen LogP contribution in [0.25, 0.3) is 0 Å². The molecule has 0 bridgehead atoms. The standard InChI is InChI=1S/3C2H2O4.2Sn/c3*3-1(4)2(5)6;;/h3*(H,3,4)(H,5,6);;/q;;;2*+3/p-6. The molecule has 2 aliphatic heterocycles. The van der Waals surface area contributed by atoms with E-state index in [9.17, 15) is 28.8 Å². The average Bonchev–Trinajstić information content (AvgIpc) is 2.83. The predicted molar refractivity (Wildman–Crippen MR) is 48.1 cm³/mol. The van der Waals surface area contributed by atoms with Crippen molar-refractivity contribution >= 4 is 77.8 Å². The van der Waals surface area contributed by atoms with E-state index >= 15 is 0 Å². The molecule has 0 aromatic rings. The summed E-state index contributed by atoms with van der Waals surface area (Å²) in [6, 6.07) is 0. The van der Waals surface area contributed by atoms with Crippen LogP contribution in [0.2, 0.25) is 0 Å². The fourth-order valence-electron chi connectivity index (χ4n) is 0.829. The van der Waals surface area contributed by atoms with Crippen molar-refractivity contribution in [1.82, 2.24) is 0 Å². The van der Waals surface area contributed by atoms with Crippen LogP contribution in [0.15, 0.2) is 0 Å². The van der Waals surface area contributed by atoms with Gasteiger partial charge < -0.3 is 0 Å². The van der Waals surface area contributed by atoms with Gasteiger partial charge in [0.2, 0.25) is 0 Å². The Balaban J connectivity index is 1.82. The molecule has 0 atom stereocenters. The Labute approximate surface area is 124 Å². The molecule has 2 rings (SSSR count). The van der Waals surface area contributed by atoms with E-state index in [1.807, 2.05) is 0 Å². The van der Waals surface area contributed by atoms with E-state index in [4.69, 9.17) is 0 Å². The first-order valence-corrected chi connectivity index (χ1v) is 11.4. The van der Waals surface area contributed by atoms with Crippen molar-refractivity contribution < 1.29 is 47.2 Å². The van der Waals surface area contributed by atoms with Crippen LogP contribution in [0, 0.1) is 0 Å². The molecule has 2 radical (unpaired) electrons. The zero-order valence-corrected chi connectivity index (χ0v) is 14.6. The van der Waals surface area contributed by atoms with Gasteiger partial charge in [0.25, 0.3) is 0 Å².